The van der Waals surface area contributed by atoms with Crippen molar-refractivity contribution in [2.24, 2.45) is 0 Å². The highest BCUT2D eigenvalue weighted by Gasteiger charge is 2.33. The molecule has 3 rings (SSSR count). The van der Waals surface area contributed by atoms with Crippen LogP contribution in [0.15, 0.2) is 72.8 Å². The van der Waals surface area contributed by atoms with Gasteiger partial charge in [-0.1, -0.05) is 89.4 Å². The van der Waals surface area contributed by atoms with Gasteiger partial charge in [-0.25, -0.2) is 0 Å². The highest BCUT2D eigenvalue weighted by Crippen LogP contribution is 2.28. The standard InChI is InChI=1S/C28H29Cl3N2O2/c1-28(2,3)32-27(35)25(16-19-10-5-4-6-11-19)33(18-21-23(30)14-9-15-24(21)31)26(34)17-20-12-7-8-13-22(20)29/h4-15,25H,16-18H2,1-3H3,(H,32,35). The molecule has 7 heteroatoms. The van der Waals surface area contributed by atoms with Crippen LogP contribution in [-0.4, -0.2) is 28.3 Å². The largest absolute Gasteiger partial charge is 0.350 e. The molecular formula is C28H29Cl3N2O2. The molecule has 0 fully saturated rings. The number of hydrogen-bond donors (Lipinski definition) is 1. The molecule has 3 aromatic rings. The molecule has 0 aliphatic carbocycles. The Morgan fingerprint density at radius 1 is 0.829 bits per heavy atom. The van der Waals surface area contributed by atoms with Gasteiger partial charge in [-0.2, -0.15) is 0 Å². The van der Waals surface area contributed by atoms with Crippen molar-refractivity contribution < 1.29 is 9.59 Å². The van der Waals surface area contributed by atoms with Gasteiger partial charge in [-0.05, 0) is 50.1 Å². The van der Waals surface area contributed by atoms with E-state index >= 15 is 0 Å². The lowest BCUT2D eigenvalue weighted by Crippen LogP contribution is -2.54. The van der Waals surface area contributed by atoms with Crippen LogP contribution in [0.4, 0.5) is 0 Å². The topological polar surface area (TPSA) is 49.4 Å². The number of benzene rings is 3. The molecule has 0 saturated carbocycles. The molecule has 2 amide bonds. The van der Waals surface area contributed by atoms with Crippen molar-refractivity contribution in [3.05, 3.63) is 105 Å². The van der Waals surface area contributed by atoms with E-state index in [0.29, 0.717) is 32.6 Å². The van der Waals surface area contributed by atoms with E-state index < -0.39 is 11.6 Å². The van der Waals surface area contributed by atoms with Crippen molar-refractivity contribution in [3.63, 3.8) is 0 Å². The second-order valence-electron chi connectivity index (χ2n) is 9.43. The molecular weight excluding hydrogens is 503 g/mol. The Morgan fingerprint density at radius 3 is 2.00 bits per heavy atom. The summed E-state index contributed by atoms with van der Waals surface area (Å²) in [5.74, 6) is -0.504. The van der Waals surface area contributed by atoms with Gasteiger partial charge in [0.05, 0.1) is 6.42 Å². The summed E-state index contributed by atoms with van der Waals surface area (Å²) >= 11 is 19.3. The Kier molecular flexibility index (Phi) is 9.23. The molecule has 0 heterocycles. The summed E-state index contributed by atoms with van der Waals surface area (Å²) in [7, 11) is 0. The number of halogens is 3. The van der Waals surface area contributed by atoms with Crippen LogP contribution < -0.4 is 5.32 Å². The number of carbonyl (C=O) groups is 2. The maximum atomic E-state index is 13.8. The first-order chi connectivity index (χ1) is 16.5. The monoisotopic (exact) mass is 530 g/mol. The molecule has 0 aromatic heterocycles. The molecule has 184 valence electrons. The molecule has 0 aliphatic heterocycles. The summed E-state index contributed by atoms with van der Waals surface area (Å²) in [5.41, 5.74) is 1.72. The highest BCUT2D eigenvalue weighted by atomic mass is 35.5. The molecule has 0 bridgehead atoms. The van der Waals surface area contributed by atoms with Crippen LogP contribution in [0, 0.1) is 0 Å². The summed E-state index contributed by atoms with van der Waals surface area (Å²) in [6, 6.07) is 21.2. The Balaban J connectivity index is 2.05. The van der Waals surface area contributed by atoms with Gasteiger partial charge in [-0.3, -0.25) is 9.59 Å². The minimum atomic E-state index is -0.793. The van der Waals surface area contributed by atoms with Crippen LogP contribution in [0.25, 0.3) is 0 Å². The first-order valence-corrected chi connectivity index (χ1v) is 12.5. The maximum absolute atomic E-state index is 13.8. The van der Waals surface area contributed by atoms with Gasteiger partial charge in [0.1, 0.15) is 6.04 Å². The third-order valence-electron chi connectivity index (χ3n) is 5.46. The lowest BCUT2D eigenvalue weighted by atomic mass is 9.99. The Hall–Kier alpha value is -2.53. The zero-order valence-corrected chi connectivity index (χ0v) is 22.3. The quantitative estimate of drug-likeness (QED) is 0.350. The number of rotatable bonds is 8. The Labute approximate surface area is 222 Å². The minimum Gasteiger partial charge on any atom is -0.350 e. The van der Waals surface area contributed by atoms with Gasteiger partial charge in [0.15, 0.2) is 0 Å². The van der Waals surface area contributed by atoms with Crippen LogP contribution in [0.1, 0.15) is 37.5 Å². The van der Waals surface area contributed by atoms with E-state index in [1.807, 2.05) is 69.3 Å². The summed E-state index contributed by atoms with van der Waals surface area (Å²) in [6.45, 7) is 5.80. The van der Waals surface area contributed by atoms with Crippen molar-refractivity contribution in [2.45, 2.75) is 51.7 Å². The second-order valence-corrected chi connectivity index (χ2v) is 10.7. The van der Waals surface area contributed by atoms with Gasteiger partial charge in [0.2, 0.25) is 11.8 Å². The summed E-state index contributed by atoms with van der Waals surface area (Å²) in [4.78, 5) is 28.9. The van der Waals surface area contributed by atoms with E-state index in [1.165, 1.54) is 0 Å². The van der Waals surface area contributed by atoms with E-state index in [9.17, 15) is 9.59 Å². The average Bonchev–Trinajstić information content (AvgIpc) is 2.79. The molecule has 0 spiro atoms. The molecule has 1 N–H and O–H groups in total. The fraction of sp³-hybridized carbons (Fsp3) is 0.286. The van der Waals surface area contributed by atoms with Crippen molar-refractivity contribution in [2.75, 3.05) is 0 Å². The first-order valence-electron chi connectivity index (χ1n) is 11.4. The number of carbonyl (C=O) groups excluding carboxylic acids is 2. The van der Waals surface area contributed by atoms with E-state index in [2.05, 4.69) is 5.32 Å². The van der Waals surface area contributed by atoms with E-state index in [0.717, 1.165) is 5.56 Å². The number of hydrogen-bond acceptors (Lipinski definition) is 2. The van der Waals surface area contributed by atoms with E-state index in [-0.39, 0.29) is 24.8 Å². The first kappa shape index (κ1) is 27.1. The van der Waals surface area contributed by atoms with Crippen LogP contribution in [0.2, 0.25) is 15.1 Å². The summed E-state index contributed by atoms with van der Waals surface area (Å²) < 4.78 is 0. The Bertz CT molecular complexity index is 1160. The normalized spacial score (nSPS) is 12.2. The van der Waals surface area contributed by atoms with Crippen molar-refractivity contribution in [1.29, 1.82) is 0 Å². The van der Waals surface area contributed by atoms with Gasteiger partial charge in [0.25, 0.3) is 0 Å². The SMILES string of the molecule is CC(C)(C)NC(=O)C(Cc1ccccc1)N(Cc1c(Cl)cccc1Cl)C(=O)Cc1ccccc1Cl. The van der Waals surface area contributed by atoms with Gasteiger partial charge >= 0.3 is 0 Å². The lowest BCUT2D eigenvalue weighted by molar-refractivity contribution is -0.141. The fourth-order valence-corrected chi connectivity index (χ4v) is 4.49. The van der Waals surface area contributed by atoms with Crippen molar-refractivity contribution >= 4 is 46.6 Å². The zero-order valence-electron chi connectivity index (χ0n) is 20.0. The smallest absolute Gasteiger partial charge is 0.243 e. The van der Waals surface area contributed by atoms with Gasteiger partial charge in [-0.15, -0.1) is 0 Å². The molecule has 1 unspecified atom stereocenters. The van der Waals surface area contributed by atoms with E-state index in [1.54, 1.807) is 29.2 Å². The molecule has 0 radical (unpaired) electrons. The van der Waals surface area contributed by atoms with Gasteiger partial charge < -0.3 is 10.2 Å². The highest BCUT2D eigenvalue weighted by molar-refractivity contribution is 6.36. The lowest BCUT2D eigenvalue weighted by Gasteiger charge is -2.34. The fourth-order valence-electron chi connectivity index (χ4n) is 3.77. The van der Waals surface area contributed by atoms with Crippen LogP contribution >= 0.6 is 34.8 Å². The van der Waals surface area contributed by atoms with Crippen LogP contribution in [-0.2, 0) is 29.0 Å². The van der Waals surface area contributed by atoms with Crippen LogP contribution in [0.5, 0.6) is 0 Å². The Morgan fingerprint density at radius 2 is 1.40 bits per heavy atom. The van der Waals surface area contributed by atoms with Crippen molar-refractivity contribution in [1.82, 2.24) is 10.2 Å². The van der Waals surface area contributed by atoms with Crippen molar-refractivity contribution in [3.8, 4) is 0 Å². The number of amides is 2. The van der Waals surface area contributed by atoms with Gasteiger partial charge in [0, 0.05) is 39.1 Å². The van der Waals surface area contributed by atoms with E-state index in [4.69, 9.17) is 34.8 Å². The predicted octanol–water partition coefficient (Wildman–Crippen LogP) is 6.74. The summed E-state index contributed by atoms with van der Waals surface area (Å²) in [5, 5.41) is 4.40. The average molecular weight is 532 g/mol. The second kappa shape index (κ2) is 11.9. The molecule has 4 nitrogen and oxygen atoms in total. The van der Waals surface area contributed by atoms with Crippen LogP contribution in [0.3, 0.4) is 0 Å². The zero-order chi connectivity index (χ0) is 25.6. The third-order valence-corrected chi connectivity index (χ3v) is 6.54. The molecule has 35 heavy (non-hydrogen) atoms. The maximum Gasteiger partial charge on any atom is 0.243 e. The minimum absolute atomic E-state index is 0.0375. The number of nitrogens with zero attached hydrogens (tertiary/aromatic N) is 1. The molecule has 0 saturated heterocycles. The molecule has 0 aliphatic rings. The third kappa shape index (κ3) is 7.73. The summed E-state index contributed by atoms with van der Waals surface area (Å²) in [6.07, 6.45) is 0.370. The molecule has 1 atom stereocenters. The molecule has 3 aromatic carbocycles. The predicted molar refractivity (Wildman–Crippen MR) is 144 cm³/mol. The number of nitrogens with one attached hydrogen (secondary N) is 1.